The van der Waals surface area contributed by atoms with Crippen LogP contribution < -0.4 is 10.6 Å². The number of nitrogens with one attached hydrogen (secondary N) is 2. The lowest BCUT2D eigenvalue weighted by molar-refractivity contribution is 0.262. The standard InChI is InChI=1S/C19H19N3O2/c1-12-9-13(2)18(14(3)10-12)21-19(23)20-17-11-16(24-22-17)15-7-5-4-6-8-15/h4-11H,1-3H3,(H2,20,21,22,23). The molecule has 0 saturated carbocycles. The number of carbonyl (C=O) groups is 1. The lowest BCUT2D eigenvalue weighted by Crippen LogP contribution is -2.20. The van der Waals surface area contributed by atoms with Gasteiger partial charge in [-0.15, -0.1) is 0 Å². The summed E-state index contributed by atoms with van der Waals surface area (Å²) in [4.78, 5) is 12.2. The van der Waals surface area contributed by atoms with Crippen molar-refractivity contribution in [1.82, 2.24) is 5.16 Å². The number of amides is 2. The van der Waals surface area contributed by atoms with Crippen molar-refractivity contribution in [2.45, 2.75) is 20.8 Å². The van der Waals surface area contributed by atoms with Crippen LogP contribution in [0.1, 0.15) is 16.7 Å². The number of aryl methyl sites for hydroxylation is 3. The van der Waals surface area contributed by atoms with Gasteiger partial charge in [0.05, 0.1) is 0 Å². The van der Waals surface area contributed by atoms with Gasteiger partial charge in [-0.2, -0.15) is 0 Å². The van der Waals surface area contributed by atoms with E-state index in [9.17, 15) is 4.79 Å². The first-order chi connectivity index (χ1) is 11.5. The molecule has 2 amide bonds. The molecule has 1 heterocycles. The number of hydrogen-bond donors (Lipinski definition) is 2. The monoisotopic (exact) mass is 321 g/mol. The Labute approximate surface area is 140 Å². The minimum Gasteiger partial charge on any atom is -0.354 e. The SMILES string of the molecule is Cc1cc(C)c(NC(=O)Nc2cc(-c3ccccc3)on2)c(C)c1. The van der Waals surface area contributed by atoms with E-state index in [1.807, 2.05) is 63.2 Å². The summed E-state index contributed by atoms with van der Waals surface area (Å²) < 4.78 is 5.27. The minimum atomic E-state index is -0.349. The highest BCUT2D eigenvalue weighted by Gasteiger charge is 2.11. The van der Waals surface area contributed by atoms with Gasteiger partial charge in [0.1, 0.15) is 0 Å². The molecule has 2 aromatic carbocycles. The number of carbonyl (C=O) groups excluding carboxylic acids is 1. The highest BCUT2D eigenvalue weighted by atomic mass is 16.5. The fraction of sp³-hybridized carbons (Fsp3) is 0.158. The van der Waals surface area contributed by atoms with Crippen molar-refractivity contribution >= 4 is 17.5 Å². The molecule has 0 aliphatic rings. The quantitative estimate of drug-likeness (QED) is 0.720. The van der Waals surface area contributed by atoms with E-state index in [1.54, 1.807) is 6.07 Å². The minimum absolute atomic E-state index is 0.349. The molecule has 0 aliphatic carbocycles. The molecule has 24 heavy (non-hydrogen) atoms. The van der Waals surface area contributed by atoms with Crippen LogP contribution in [0.5, 0.6) is 0 Å². The summed E-state index contributed by atoms with van der Waals surface area (Å²) in [6.45, 7) is 5.97. The van der Waals surface area contributed by atoms with Crippen LogP contribution in [0.3, 0.4) is 0 Å². The summed E-state index contributed by atoms with van der Waals surface area (Å²) in [5.41, 5.74) is 4.93. The molecule has 0 aliphatic heterocycles. The summed E-state index contributed by atoms with van der Waals surface area (Å²) in [6.07, 6.45) is 0. The van der Waals surface area contributed by atoms with Crippen molar-refractivity contribution in [3.05, 3.63) is 65.2 Å². The van der Waals surface area contributed by atoms with Crippen LogP contribution in [0.25, 0.3) is 11.3 Å². The topological polar surface area (TPSA) is 67.2 Å². The van der Waals surface area contributed by atoms with Crippen LogP contribution in [0, 0.1) is 20.8 Å². The zero-order valence-electron chi connectivity index (χ0n) is 13.9. The summed E-state index contributed by atoms with van der Waals surface area (Å²) >= 11 is 0. The summed E-state index contributed by atoms with van der Waals surface area (Å²) in [5, 5.41) is 9.45. The first kappa shape index (κ1) is 15.8. The summed E-state index contributed by atoms with van der Waals surface area (Å²) in [5.74, 6) is 0.974. The fourth-order valence-corrected chi connectivity index (χ4v) is 2.71. The molecule has 3 rings (SSSR count). The van der Waals surface area contributed by atoms with Gasteiger partial charge in [0.2, 0.25) is 0 Å². The lowest BCUT2D eigenvalue weighted by atomic mass is 10.1. The summed E-state index contributed by atoms with van der Waals surface area (Å²) in [6, 6.07) is 15.0. The highest BCUT2D eigenvalue weighted by Crippen LogP contribution is 2.24. The Bertz CT molecular complexity index is 846. The van der Waals surface area contributed by atoms with Crippen LogP contribution in [0.2, 0.25) is 0 Å². The molecule has 2 N–H and O–H groups in total. The van der Waals surface area contributed by atoms with E-state index in [-0.39, 0.29) is 6.03 Å². The smallest absolute Gasteiger partial charge is 0.324 e. The Morgan fingerprint density at radius 1 is 0.958 bits per heavy atom. The van der Waals surface area contributed by atoms with Gasteiger partial charge in [-0.3, -0.25) is 5.32 Å². The molecule has 5 heteroatoms. The first-order valence-electron chi connectivity index (χ1n) is 7.71. The second kappa shape index (κ2) is 6.58. The number of nitrogens with zero attached hydrogens (tertiary/aromatic N) is 1. The van der Waals surface area contributed by atoms with Gasteiger partial charge in [0.25, 0.3) is 0 Å². The molecule has 0 spiro atoms. The molecule has 122 valence electrons. The van der Waals surface area contributed by atoms with E-state index < -0.39 is 0 Å². The number of urea groups is 1. The Hall–Kier alpha value is -3.08. The van der Waals surface area contributed by atoms with Crippen LogP contribution in [-0.2, 0) is 0 Å². The van der Waals surface area contributed by atoms with E-state index in [1.165, 1.54) is 5.56 Å². The van der Waals surface area contributed by atoms with Crippen molar-refractivity contribution in [3.8, 4) is 11.3 Å². The van der Waals surface area contributed by atoms with E-state index in [0.717, 1.165) is 22.4 Å². The van der Waals surface area contributed by atoms with Gasteiger partial charge in [-0.25, -0.2) is 4.79 Å². The summed E-state index contributed by atoms with van der Waals surface area (Å²) in [7, 11) is 0. The molecule has 5 nitrogen and oxygen atoms in total. The maximum absolute atomic E-state index is 12.2. The van der Waals surface area contributed by atoms with E-state index in [0.29, 0.717) is 11.6 Å². The number of hydrogen-bond acceptors (Lipinski definition) is 3. The highest BCUT2D eigenvalue weighted by molar-refractivity contribution is 6.00. The second-order valence-electron chi connectivity index (χ2n) is 5.80. The van der Waals surface area contributed by atoms with Crippen LogP contribution in [0.15, 0.2) is 53.1 Å². The fourth-order valence-electron chi connectivity index (χ4n) is 2.71. The van der Waals surface area contributed by atoms with Crippen molar-refractivity contribution in [2.75, 3.05) is 10.6 Å². The third-order valence-electron chi connectivity index (χ3n) is 3.73. The van der Waals surface area contributed by atoms with Crippen molar-refractivity contribution in [3.63, 3.8) is 0 Å². The van der Waals surface area contributed by atoms with Gasteiger partial charge in [0.15, 0.2) is 11.6 Å². The third kappa shape index (κ3) is 3.46. The Morgan fingerprint density at radius 2 is 1.62 bits per heavy atom. The van der Waals surface area contributed by atoms with E-state index in [2.05, 4.69) is 15.8 Å². The average molecular weight is 321 g/mol. The predicted molar refractivity (Wildman–Crippen MR) is 95.2 cm³/mol. The lowest BCUT2D eigenvalue weighted by Gasteiger charge is -2.12. The predicted octanol–water partition coefficient (Wildman–Crippen LogP) is 4.91. The van der Waals surface area contributed by atoms with E-state index >= 15 is 0 Å². The molecular formula is C19H19N3O2. The molecule has 0 fully saturated rings. The third-order valence-corrected chi connectivity index (χ3v) is 3.73. The van der Waals surface area contributed by atoms with Crippen molar-refractivity contribution in [1.29, 1.82) is 0 Å². The van der Waals surface area contributed by atoms with Crippen LogP contribution in [0.4, 0.5) is 16.3 Å². The van der Waals surface area contributed by atoms with Crippen LogP contribution in [-0.4, -0.2) is 11.2 Å². The van der Waals surface area contributed by atoms with Crippen LogP contribution >= 0.6 is 0 Å². The first-order valence-corrected chi connectivity index (χ1v) is 7.71. The normalized spacial score (nSPS) is 10.5. The maximum Gasteiger partial charge on any atom is 0.324 e. The Balaban J connectivity index is 1.71. The molecule has 3 aromatic rings. The average Bonchev–Trinajstić information content (AvgIpc) is 3.00. The zero-order chi connectivity index (χ0) is 17.1. The molecule has 0 saturated heterocycles. The maximum atomic E-state index is 12.2. The van der Waals surface area contributed by atoms with Gasteiger partial charge in [-0.1, -0.05) is 53.2 Å². The Morgan fingerprint density at radius 3 is 2.29 bits per heavy atom. The molecule has 1 aromatic heterocycles. The van der Waals surface area contributed by atoms with Gasteiger partial charge in [0, 0.05) is 17.3 Å². The number of anilines is 2. The molecular weight excluding hydrogens is 302 g/mol. The van der Waals surface area contributed by atoms with Crippen molar-refractivity contribution in [2.24, 2.45) is 0 Å². The second-order valence-corrected chi connectivity index (χ2v) is 5.80. The zero-order valence-corrected chi connectivity index (χ0v) is 13.9. The molecule has 0 atom stereocenters. The van der Waals surface area contributed by atoms with Gasteiger partial charge < -0.3 is 9.84 Å². The molecule has 0 unspecified atom stereocenters. The Kier molecular flexibility index (Phi) is 4.33. The van der Waals surface area contributed by atoms with Gasteiger partial charge >= 0.3 is 6.03 Å². The molecule has 0 bridgehead atoms. The van der Waals surface area contributed by atoms with Gasteiger partial charge in [-0.05, 0) is 31.9 Å². The largest absolute Gasteiger partial charge is 0.354 e. The molecule has 0 radical (unpaired) electrons. The number of benzene rings is 2. The number of rotatable bonds is 3. The van der Waals surface area contributed by atoms with Crippen molar-refractivity contribution < 1.29 is 9.32 Å². The number of aromatic nitrogens is 1. The van der Waals surface area contributed by atoms with E-state index in [4.69, 9.17) is 4.52 Å².